The van der Waals surface area contributed by atoms with Gasteiger partial charge in [-0.15, -0.1) is 0 Å². The van der Waals surface area contributed by atoms with Crippen molar-refractivity contribution in [2.24, 2.45) is 0 Å². The fraction of sp³-hybridized carbons (Fsp3) is 0.296. The number of nitrogens with one attached hydrogen (secondary N) is 1. The highest BCUT2D eigenvalue weighted by molar-refractivity contribution is 7.92. The van der Waals surface area contributed by atoms with Crippen LogP contribution in [-0.2, 0) is 31.3 Å². The Balaban J connectivity index is 1.56. The van der Waals surface area contributed by atoms with E-state index in [-0.39, 0.29) is 9.79 Å². The third kappa shape index (κ3) is 6.03. The van der Waals surface area contributed by atoms with Gasteiger partial charge in [0.15, 0.2) is 0 Å². The van der Waals surface area contributed by atoms with Gasteiger partial charge < -0.3 is 5.32 Å². The maximum atomic E-state index is 13.6. The van der Waals surface area contributed by atoms with E-state index in [2.05, 4.69) is 5.32 Å². The van der Waals surface area contributed by atoms with Gasteiger partial charge in [0.2, 0.25) is 15.9 Å². The molecule has 0 radical (unpaired) electrons. The molecule has 10 heteroatoms. The third-order valence-corrected chi connectivity index (χ3v) is 10.0. The molecule has 0 unspecified atom stereocenters. The van der Waals surface area contributed by atoms with E-state index in [9.17, 15) is 21.6 Å². The lowest BCUT2D eigenvalue weighted by Crippen LogP contribution is -2.38. The van der Waals surface area contributed by atoms with Crippen molar-refractivity contribution in [3.8, 4) is 0 Å². The fourth-order valence-electron chi connectivity index (χ4n) is 4.37. The molecule has 1 saturated heterocycles. The molecule has 37 heavy (non-hydrogen) atoms. The molecule has 1 aliphatic heterocycles. The van der Waals surface area contributed by atoms with Crippen LogP contribution in [-0.4, -0.2) is 46.7 Å². The van der Waals surface area contributed by atoms with Crippen LogP contribution in [0.3, 0.4) is 0 Å². The van der Waals surface area contributed by atoms with Gasteiger partial charge in [-0.3, -0.25) is 9.10 Å². The van der Waals surface area contributed by atoms with Gasteiger partial charge in [0.25, 0.3) is 10.0 Å². The van der Waals surface area contributed by atoms with Gasteiger partial charge in [0.05, 0.1) is 15.5 Å². The number of aryl methyl sites for hydroxylation is 1. The number of piperidine rings is 1. The molecule has 1 aliphatic rings. The van der Waals surface area contributed by atoms with Gasteiger partial charge in [-0.25, -0.2) is 16.8 Å². The van der Waals surface area contributed by atoms with E-state index in [4.69, 9.17) is 0 Å². The predicted octanol–water partition coefficient (Wildman–Crippen LogP) is 4.26. The van der Waals surface area contributed by atoms with Gasteiger partial charge in [0, 0.05) is 18.8 Å². The van der Waals surface area contributed by atoms with E-state index in [1.807, 2.05) is 19.1 Å². The van der Waals surface area contributed by atoms with E-state index < -0.39 is 32.5 Å². The Morgan fingerprint density at radius 1 is 0.811 bits per heavy atom. The molecule has 8 nitrogen and oxygen atoms in total. The summed E-state index contributed by atoms with van der Waals surface area (Å²) in [6.07, 6.45) is 3.30. The summed E-state index contributed by atoms with van der Waals surface area (Å²) in [4.78, 5) is 13.3. The zero-order chi connectivity index (χ0) is 26.5. The standard InChI is InChI=1S/C27H31N3O5S2/c1-2-22-11-7-8-14-26(22)30(37(34,35)24-12-5-3-6-13-24)21-27(31)28-23-15-17-25(18-16-23)36(32,33)29-19-9-4-10-20-29/h3,5-8,11-18H,2,4,9-10,19-21H2,1H3,(H,28,31). The topological polar surface area (TPSA) is 104 Å². The van der Waals surface area contributed by atoms with Crippen molar-refractivity contribution in [2.75, 3.05) is 29.3 Å². The molecule has 4 rings (SSSR count). The summed E-state index contributed by atoms with van der Waals surface area (Å²) < 4.78 is 55.5. The Morgan fingerprint density at radius 3 is 2.08 bits per heavy atom. The summed E-state index contributed by atoms with van der Waals surface area (Å²) in [5, 5.41) is 2.71. The monoisotopic (exact) mass is 541 g/mol. The molecule has 3 aromatic carbocycles. The quantitative estimate of drug-likeness (QED) is 0.436. The zero-order valence-corrected chi connectivity index (χ0v) is 22.3. The number of sulfonamides is 2. The fourth-order valence-corrected chi connectivity index (χ4v) is 7.36. The largest absolute Gasteiger partial charge is 0.325 e. The van der Waals surface area contributed by atoms with Crippen molar-refractivity contribution in [1.82, 2.24) is 4.31 Å². The smallest absolute Gasteiger partial charge is 0.264 e. The first kappa shape index (κ1) is 26.8. The summed E-state index contributed by atoms with van der Waals surface area (Å²) in [6.45, 7) is 2.49. The highest BCUT2D eigenvalue weighted by atomic mass is 32.2. The first-order valence-corrected chi connectivity index (χ1v) is 15.2. The average molecular weight is 542 g/mol. The maximum absolute atomic E-state index is 13.6. The first-order chi connectivity index (χ1) is 17.7. The summed E-state index contributed by atoms with van der Waals surface area (Å²) in [7, 11) is -7.61. The van der Waals surface area contributed by atoms with Crippen LogP contribution in [0.1, 0.15) is 31.7 Å². The van der Waals surface area contributed by atoms with Crippen LogP contribution in [0.5, 0.6) is 0 Å². The predicted molar refractivity (Wildman–Crippen MR) is 144 cm³/mol. The minimum Gasteiger partial charge on any atom is -0.325 e. The van der Waals surface area contributed by atoms with E-state index in [0.29, 0.717) is 30.9 Å². The molecule has 1 fully saturated rings. The molecule has 0 bridgehead atoms. The number of hydrogen-bond donors (Lipinski definition) is 1. The first-order valence-electron chi connectivity index (χ1n) is 12.3. The summed E-state index contributed by atoms with van der Waals surface area (Å²) in [5.41, 5.74) is 1.61. The second kappa shape index (κ2) is 11.5. The highest BCUT2D eigenvalue weighted by Crippen LogP contribution is 2.28. The molecular weight excluding hydrogens is 510 g/mol. The van der Waals surface area contributed by atoms with Crippen LogP contribution in [0, 0.1) is 0 Å². The van der Waals surface area contributed by atoms with Gasteiger partial charge in [-0.2, -0.15) is 4.31 Å². The number of amides is 1. The van der Waals surface area contributed by atoms with Gasteiger partial charge in [-0.05, 0) is 67.3 Å². The minimum absolute atomic E-state index is 0.0842. The molecular formula is C27H31N3O5S2. The van der Waals surface area contributed by atoms with Crippen LogP contribution in [0.4, 0.5) is 11.4 Å². The van der Waals surface area contributed by atoms with Crippen LogP contribution < -0.4 is 9.62 Å². The molecule has 1 amide bonds. The maximum Gasteiger partial charge on any atom is 0.264 e. The number of para-hydroxylation sites is 1. The van der Waals surface area contributed by atoms with Crippen LogP contribution >= 0.6 is 0 Å². The summed E-state index contributed by atoms with van der Waals surface area (Å²) >= 11 is 0. The van der Waals surface area contributed by atoms with E-state index in [0.717, 1.165) is 29.1 Å². The van der Waals surface area contributed by atoms with Crippen LogP contribution in [0.25, 0.3) is 0 Å². The minimum atomic E-state index is -4.02. The number of rotatable bonds is 9. The number of carbonyl (C=O) groups excluding carboxylic acids is 1. The van der Waals surface area contributed by atoms with Gasteiger partial charge >= 0.3 is 0 Å². The number of hydrogen-bond acceptors (Lipinski definition) is 5. The van der Waals surface area contributed by atoms with Gasteiger partial charge in [-0.1, -0.05) is 49.7 Å². The average Bonchev–Trinajstić information content (AvgIpc) is 2.93. The second-order valence-corrected chi connectivity index (χ2v) is 12.6. The molecule has 0 atom stereocenters. The Morgan fingerprint density at radius 2 is 1.43 bits per heavy atom. The third-order valence-electron chi connectivity index (χ3n) is 6.35. The number of benzene rings is 3. The molecule has 3 aromatic rings. The Hall–Kier alpha value is -3.21. The Bertz CT molecular complexity index is 1430. The van der Waals surface area contributed by atoms with Crippen molar-refractivity contribution in [2.45, 2.75) is 42.4 Å². The molecule has 0 aromatic heterocycles. The van der Waals surface area contributed by atoms with E-state index in [1.165, 1.54) is 40.7 Å². The lowest BCUT2D eigenvalue weighted by Gasteiger charge is -2.26. The van der Waals surface area contributed by atoms with Crippen molar-refractivity contribution in [3.63, 3.8) is 0 Å². The van der Waals surface area contributed by atoms with Crippen molar-refractivity contribution < 1.29 is 21.6 Å². The lowest BCUT2D eigenvalue weighted by atomic mass is 10.1. The van der Waals surface area contributed by atoms with Crippen LogP contribution in [0.15, 0.2) is 88.7 Å². The number of anilines is 2. The van der Waals surface area contributed by atoms with Crippen molar-refractivity contribution >= 4 is 37.3 Å². The SMILES string of the molecule is CCc1ccccc1N(CC(=O)Nc1ccc(S(=O)(=O)N2CCCCC2)cc1)S(=O)(=O)c1ccccc1. The zero-order valence-electron chi connectivity index (χ0n) is 20.7. The number of carbonyl (C=O) groups is 1. The molecule has 0 aliphatic carbocycles. The summed E-state index contributed by atoms with van der Waals surface area (Å²) in [6, 6.07) is 21.0. The number of nitrogens with zero attached hydrogens (tertiary/aromatic N) is 2. The van der Waals surface area contributed by atoms with E-state index >= 15 is 0 Å². The molecule has 1 heterocycles. The highest BCUT2D eigenvalue weighted by Gasteiger charge is 2.29. The van der Waals surface area contributed by atoms with E-state index in [1.54, 1.807) is 30.3 Å². The van der Waals surface area contributed by atoms with Crippen LogP contribution in [0.2, 0.25) is 0 Å². The van der Waals surface area contributed by atoms with Crippen molar-refractivity contribution in [3.05, 3.63) is 84.4 Å². The Labute approximate surface area is 219 Å². The van der Waals surface area contributed by atoms with Gasteiger partial charge in [0.1, 0.15) is 6.54 Å². The lowest BCUT2D eigenvalue weighted by molar-refractivity contribution is -0.114. The Kier molecular flexibility index (Phi) is 8.31. The summed E-state index contributed by atoms with van der Waals surface area (Å²) in [5.74, 6) is -0.544. The molecule has 1 N–H and O–H groups in total. The molecule has 0 saturated carbocycles. The normalized spacial score (nSPS) is 14.7. The second-order valence-electron chi connectivity index (χ2n) is 8.84. The molecule has 0 spiro atoms. The van der Waals surface area contributed by atoms with Crippen molar-refractivity contribution in [1.29, 1.82) is 0 Å². The molecule has 196 valence electrons.